The van der Waals surface area contributed by atoms with Crippen molar-refractivity contribution in [3.63, 3.8) is 0 Å². The molecule has 1 rings (SSSR count). The Kier molecular flexibility index (Phi) is 6.11. The van der Waals surface area contributed by atoms with Crippen molar-refractivity contribution in [3.8, 4) is 0 Å². The number of nitrogens with two attached hydrogens (primary N) is 1. The number of ether oxygens (including phenoxy) is 1. The minimum Gasteiger partial charge on any atom is -0.385 e. The van der Waals surface area contributed by atoms with E-state index in [1.54, 1.807) is 7.11 Å². The predicted molar refractivity (Wildman–Crippen MR) is 74.9 cm³/mol. The smallest absolute Gasteiger partial charge is 0.0462 e. The highest BCUT2D eigenvalue weighted by Crippen LogP contribution is 2.25. The summed E-state index contributed by atoms with van der Waals surface area (Å²) in [5, 5.41) is 0. The van der Waals surface area contributed by atoms with Gasteiger partial charge >= 0.3 is 0 Å². The molecule has 0 aliphatic heterocycles. The minimum atomic E-state index is 0.101. The van der Waals surface area contributed by atoms with Crippen LogP contribution in [0.25, 0.3) is 0 Å². The summed E-state index contributed by atoms with van der Waals surface area (Å²) >= 11 is 5.78. The standard InChI is InChI=1S/C11H15BrINO/c1-15-6-2-3-11(14)9-7-8(12)4-5-10(9)13/h4-5,7,11H,2-3,6,14H2,1H3. The maximum absolute atomic E-state index is 6.12. The summed E-state index contributed by atoms with van der Waals surface area (Å²) in [7, 11) is 1.72. The fourth-order valence-electron chi connectivity index (χ4n) is 1.40. The van der Waals surface area contributed by atoms with E-state index in [0.29, 0.717) is 0 Å². The second-order valence-electron chi connectivity index (χ2n) is 3.41. The Hall–Kier alpha value is 0.350. The Balaban J connectivity index is 2.64. The van der Waals surface area contributed by atoms with Gasteiger partial charge in [-0.15, -0.1) is 0 Å². The Bertz CT molecular complexity index is 319. The summed E-state index contributed by atoms with van der Waals surface area (Å²) in [6, 6.07) is 6.31. The van der Waals surface area contributed by atoms with Crippen LogP contribution in [-0.2, 0) is 4.74 Å². The third kappa shape index (κ3) is 4.38. The van der Waals surface area contributed by atoms with E-state index in [9.17, 15) is 0 Å². The molecule has 0 fully saturated rings. The topological polar surface area (TPSA) is 35.2 Å². The summed E-state index contributed by atoms with van der Waals surface area (Å²) in [4.78, 5) is 0. The number of hydrogen-bond donors (Lipinski definition) is 1. The molecule has 0 aromatic heterocycles. The summed E-state index contributed by atoms with van der Waals surface area (Å²) in [5.41, 5.74) is 7.33. The molecule has 0 bridgehead atoms. The van der Waals surface area contributed by atoms with E-state index in [4.69, 9.17) is 10.5 Å². The van der Waals surface area contributed by atoms with Gasteiger partial charge in [-0.1, -0.05) is 15.9 Å². The molecule has 0 spiro atoms. The highest BCUT2D eigenvalue weighted by molar-refractivity contribution is 14.1. The molecule has 15 heavy (non-hydrogen) atoms. The molecule has 0 aliphatic rings. The molecule has 84 valence electrons. The number of methoxy groups -OCH3 is 1. The zero-order valence-corrected chi connectivity index (χ0v) is 12.4. The summed E-state index contributed by atoms with van der Waals surface area (Å²) in [5.74, 6) is 0. The molecule has 0 heterocycles. The van der Waals surface area contributed by atoms with E-state index in [2.05, 4.69) is 50.7 Å². The van der Waals surface area contributed by atoms with Crippen LogP contribution in [-0.4, -0.2) is 13.7 Å². The third-order valence-electron chi connectivity index (χ3n) is 2.22. The van der Waals surface area contributed by atoms with Gasteiger partial charge in [-0.2, -0.15) is 0 Å². The largest absolute Gasteiger partial charge is 0.385 e. The molecular formula is C11H15BrINO. The lowest BCUT2D eigenvalue weighted by Gasteiger charge is -2.14. The van der Waals surface area contributed by atoms with Crippen LogP contribution in [0.2, 0.25) is 0 Å². The van der Waals surface area contributed by atoms with Crippen LogP contribution in [0.5, 0.6) is 0 Å². The van der Waals surface area contributed by atoms with Crippen molar-refractivity contribution in [1.29, 1.82) is 0 Å². The molecule has 0 saturated heterocycles. The van der Waals surface area contributed by atoms with Crippen LogP contribution in [0.15, 0.2) is 22.7 Å². The molecule has 1 aromatic rings. The van der Waals surface area contributed by atoms with E-state index in [-0.39, 0.29) is 6.04 Å². The van der Waals surface area contributed by atoms with Gasteiger partial charge in [0.15, 0.2) is 0 Å². The Morgan fingerprint density at radius 3 is 2.93 bits per heavy atom. The van der Waals surface area contributed by atoms with Crippen molar-refractivity contribution in [2.45, 2.75) is 18.9 Å². The van der Waals surface area contributed by atoms with E-state index in [1.807, 2.05) is 6.07 Å². The molecule has 2 N–H and O–H groups in total. The molecule has 0 aliphatic carbocycles. The normalized spacial score (nSPS) is 12.8. The van der Waals surface area contributed by atoms with E-state index in [1.165, 1.54) is 9.13 Å². The number of rotatable bonds is 5. The zero-order chi connectivity index (χ0) is 11.3. The molecule has 0 radical (unpaired) electrons. The quantitative estimate of drug-likeness (QED) is 0.624. The highest BCUT2D eigenvalue weighted by atomic mass is 127. The summed E-state index contributed by atoms with van der Waals surface area (Å²) in [6.45, 7) is 0.776. The molecule has 4 heteroatoms. The van der Waals surface area contributed by atoms with E-state index in [0.717, 1.165) is 23.9 Å². The van der Waals surface area contributed by atoms with Gasteiger partial charge in [0.05, 0.1) is 0 Å². The van der Waals surface area contributed by atoms with Crippen molar-refractivity contribution < 1.29 is 4.74 Å². The van der Waals surface area contributed by atoms with Crippen LogP contribution < -0.4 is 5.73 Å². The van der Waals surface area contributed by atoms with E-state index >= 15 is 0 Å². The summed E-state index contributed by atoms with van der Waals surface area (Å²) in [6.07, 6.45) is 1.96. The Morgan fingerprint density at radius 1 is 1.53 bits per heavy atom. The van der Waals surface area contributed by atoms with Crippen molar-refractivity contribution in [2.24, 2.45) is 5.73 Å². The van der Waals surface area contributed by atoms with Crippen LogP contribution in [0.3, 0.4) is 0 Å². The summed E-state index contributed by atoms with van der Waals surface area (Å²) < 4.78 is 7.32. The lowest BCUT2D eigenvalue weighted by molar-refractivity contribution is 0.190. The Labute approximate surface area is 113 Å². The van der Waals surface area contributed by atoms with Gasteiger partial charge in [-0.3, -0.25) is 0 Å². The molecule has 2 nitrogen and oxygen atoms in total. The van der Waals surface area contributed by atoms with Gasteiger partial charge in [0, 0.05) is 27.8 Å². The SMILES string of the molecule is COCCCC(N)c1cc(Br)ccc1I. The zero-order valence-electron chi connectivity index (χ0n) is 8.67. The highest BCUT2D eigenvalue weighted by Gasteiger charge is 2.09. The number of benzene rings is 1. The van der Waals surface area contributed by atoms with Crippen molar-refractivity contribution >= 4 is 38.5 Å². The number of hydrogen-bond acceptors (Lipinski definition) is 2. The lowest BCUT2D eigenvalue weighted by atomic mass is 10.0. The van der Waals surface area contributed by atoms with Gasteiger partial charge in [-0.05, 0) is 59.2 Å². The van der Waals surface area contributed by atoms with Crippen molar-refractivity contribution in [3.05, 3.63) is 31.8 Å². The van der Waals surface area contributed by atoms with Gasteiger partial charge in [0.25, 0.3) is 0 Å². The molecule has 1 unspecified atom stereocenters. The predicted octanol–water partition coefficient (Wildman–Crippen LogP) is 3.48. The van der Waals surface area contributed by atoms with Gasteiger partial charge < -0.3 is 10.5 Å². The molecular weight excluding hydrogens is 369 g/mol. The molecule has 0 amide bonds. The first-order valence-corrected chi connectivity index (χ1v) is 6.71. The monoisotopic (exact) mass is 383 g/mol. The first-order valence-electron chi connectivity index (χ1n) is 4.84. The Morgan fingerprint density at radius 2 is 2.27 bits per heavy atom. The van der Waals surface area contributed by atoms with E-state index < -0.39 is 0 Å². The van der Waals surface area contributed by atoms with Crippen LogP contribution in [0.4, 0.5) is 0 Å². The fraction of sp³-hybridized carbons (Fsp3) is 0.455. The maximum atomic E-state index is 6.12. The van der Waals surface area contributed by atoms with Crippen LogP contribution in [0, 0.1) is 3.57 Å². The second kappa shape index (κ2) is 6.83. The molecule has 1 atom stereocenters. The third-order valence-corrected chi connectivity index (χ3v) is 3.70. The number of halogens is 2. The van der Waals surface area contributed by atoms with Crippen molar-refractivity contribution in [1.82, 2.24) is 0 Å². The lowest BCUT2D eigenvalue weighted by Crippen LogP contribution is -2.12. The maximum Gasteiger partial charge on any atom is 0.0462 e. The second-order valence-corrected chi connectivity index (χ2v) is 5.49. The fourth-order valence-corrected chi connectivity index (χ4v) is 2.52. The van der Waals surface area contributed by atoms with Gasteiger partial charge in [0.1, 0.15) is 0 Å². The average Bonchev–Trinajstić information content (AvgIpc) is 2.22. The van der Waals surface area contributed by atoms with Gasteiger partial charge in [-0.25, -0.2) is 0 Å². The molecule has 0 saturated carbocycles. The van der Waals surface area contributed by atoms with Crippen LogP contribution >= 0.6 is 38.5 Å². The first kappa shape index (κ1) is 13.4. The molecule has 1 aromatic carbocycles. The average molecular weight is 384 g/mol. The van der Waals surface area contributed by atoms with Crippen LogP contribution in [0.1, 0.15) is 24.4 Å². The van der Waals surface area contributed by atoms with Gasteiger partial charge in [0.2, 0.25) is 0 Å². The van der Waals surface area contributed by atoms with Crippen molar-refractivity contribution in [2.75, 3.05) is 13.7 Å². The minimum absolute atomic E-state index is 0.101. The first-order chi connectivity index (χ1) is 7.15.